The first-order valence-corrected chi connectivity index (χ1v) is 29.9. The lowest BCUT2D eigenvalue weighted by Gasteiger charge is -2.46. The van der Waals surface area contributed by atoms with Gasteiger partial charge in [0, 0.05) is 55.4 Å². The van der Waals surface area contributed by atoms with Crippen molar-refractivity contribution in [2.24, 2.45) is 27.9 Å². The molecule has 2 aliphatic carbocycles. The smallest absolute Gasteiger partial charge is 0.332 e. The average molecular weight is 1210 g/mol. The van der Waals surface area contributed by atoms with Crippen LogP contribution in [0.5, 0.6) is 0 Å². The summed E-state index contributed by atoms with van der Waals surface area (Å²) in [6.45, 7) is 0. The van der Waals surface area contributed by atoms with E-state index in [0.29, 0.717) is 37.8 Å². The topological polar surface area (TPSA) is 375 Å². The summed E-state index contributed by atoms with van der Waals surface area (Å²) in [7, 11) is 2.65. The van der Waals surface area contributed by atoms with Gasteiger partial charge in [-0.15, -0.1) is 34.0 Å². The minimum Gasteiger partial charge on any atom is -0.478 e. The number of nitrogens with one attached hydrogen (secondary N) is 1. The van der Waals surface area contributed by atoms with Crippen molar-refractivity contribution in [1.82, 2.24) is 20.3 Å². The summed E-state index contributed by atoms with van der Waals surface area (Å²) in [5.41, 5.74) is 19.6. The Morgan fingerprint density at radius 2 is 1.26 bits per heavy atom. The summed E-state index contributed by atoms with van der Waals surface area (Å²) >= 11 is 9.56. The number of thioether (sulfide) groups is 5. The van der Waals surface area contributed by atoms with Crippen LogP contribution in [-0.4, -0.2) is 141 Å². The molecule has 1 amide bonds. The van der Waals surface area contributed by atoms with E-state index in [1.165, 1.54) is 84.4 Å². The van der Waals surface area contributed by atoms with Crippen molar-refractivity contribution < 1.29 is 67.1 Å². The third-order valence-electron chi connectivity index (χ3n) is 11.6. The minimum absolute atomic E-state index is 0.0166. The zero-order chi connectivity index (χ0) is 55.8. The second-order valence-corrected chi connectivity index (χ2v) is 24.5. The van der Waals surface area contributed by atoms with Crippen LogP contribution in [0.4, 0.5) is 10.3 Å². The maximum Gasteiger partial charge on any atom is 0.332 e. The molecular weight excluding hydrogens is 1170 g/mol. The van der Waals surface area contributed by atoms with Gasteiger partial charge >= 0.3 is 11.9 Å². The summed E-state index contributed by atoms with van der Waals surface area (Å²) in [6.07, 6.45) is 2.79. The maximum atomic E-state index is 12.9. The standard InChI is InChI=1S/C20H18N4O7S3.C14H13NO5S2.C13H10N4O2S3/c1-30-24-13(9-7-34-20(21)22-9)17(26)23-14-15(25)12-11(18(27)28)8(5-32-16(12)14)6-33-19(29)10-3-2-4-31-10;15-10-11(16)9-8(13(17)18)6(4-21-12(9)10)5-22-14(19)7-2-1-3-20-7;1-19-17-10(8-6-20-12(14)15-8)11(18)22-13-16-7-4-2-3-5-9(7)21-13/h2-4,7,12,14,16H,5-6H2,1H3,(H2,21,22)(H,23,26)(H,27,28);1-3,9-10,12H,4-5,15H2,(H,17,18);2-6H,1H3,(H2,14,15)/b24-13-;;17-10-/t12?,14-,16+;9?,10-,12+;/m11./s1. The minimum atomic E-state index is -1.21. The van der Waals surface area contributed by atoms with E-state index in [1.807, 2.05) is 24.3 Å². The van der Waals surface area contributed by atoms with Crippen molar-refractivity contribution in [2.75, 3.05) is 48.7 Å². The summed E-state index contributed by atoms with van der Waals surface area (Å²) in [5, 5.41) is 31.6. The highest BCUT2D eigenvalue weighted by molar-refractivity contribution is 8.16. The number of carbonyl (C=O) groups is 8. The fourth-order valence-electron chi connectivity index (χ4n) is 8.00. The number of benzene rings is 1. The molecule has 10 rings (SSSR count). The monoisotopic (exact) mass is 1210 g/mol. The van der Waals surface area contributed by atoms with E-state index in [0.717, 1.165) is 56.8 Å². The number of nitrogens with two attached hydrogens (primary N) is 3. The van der Waals surface area contributed by atoms with Crippen molar-refractivity contribution in [3.05, 3.63) is 117 Å². The van der Waals surface area contributed by atoms with Crippen molar-refractivity contribution in [3.8, 4) is 0 Å². The number of amides is 1. The number of ketones is 2. The summed E-state index contributed by atoms with van der Waals surface area (Å²) < 4.78 is 11.8. The molecule has 9 N–H and O–H groups in total. The highest BCUT2D eigenvalue weighted by atomic mass is 32.2. The number of para-hydroxylation sites is 1. The average Bonchev–Trinajstić information content (AvgIpc) is 4.41. The van der Waals surface area contributed by atoms with Crippen LogP contribution in [0.1, 0.15) is 32.5 Å². The van der Waals surface area contributed by atoms with Crippen LogP contribution in [0.15, 0.2) is 118 Å². The van der Waals surface area contributed by atoms with Gasteiger partial charge in [-0.05, 0) is 59.3 Å². The number of carboxylic acids is 2. The Bertz CT molecular complexity index is 3390. The number of oxime groups is 2. The molecule has 5 aromatic heterocycles. The number of hydrogen-bond acceptors (Lipinski definition) is 28. The van der Waals surface area contributed by atoms with Crippen LogP contribution in [-0.2, 0) is 38.4 Å². The number of anilines is 2. The largest absolute Gasteiger partial charge is 0.478 e. The number of fused-ring (bicyclic) bond motifs is 3. The van der Waals surface area contributed by atoms with Crippen LogP contribution < -0.4 is 22.5 Å². The molecule has 1 aromatic carbocycles. The van der Waals surface area contributed by atoms with Crippen LogP contribution in [0, 0.1) is 11.8 Å². The van der Waals surface area contributed by atoms with E-state index in [9.17, 15) is 48.6 Å². The highest BCUT2D eigenvalue weighted by Crippen LogP contribution is 2.47. The first-order chi connectivity index (χ1) is 37.5. The SMILES string of the molecule is CO/N=C(\C(=O)N[C@@H]1C(=O)C2C(C(=O)O)=C(CSC(=O)c3ccco3)CS[C@@H]21)c1csc(N)n1.CO/N=C(\C(=O)Sc1nc2ccccc2s1)c1csc(N)n1.N[C@@H]1C(=O)C2C(C(=O)O)=C(CSC(=O)c3ccco3)CS[C@@H]21. The Kier molecular flexibility index (Phi) is 19.1. The molecule has 78 heavy (non-hydrogen) atoms. The lowest BCUT2D eigenvalue weighted by atomic mass is 9.71. The number of aliphatic carboxylic acids is 2. The molecule has 2 fully saturated rings. The van der Waals surface area contributed by atoms with E-state index >= 15 is 0 Å². The number of nitrogen functional groups attached to an aromatic ring is 2. The van der Waals surface area contributed by atoms with Gasteiger partial charge in [-0.3, -0.25) is 28.8 Å². The number of nitrogens with zero attached hydrogens (tertiary/aromatic N) is 5. The first kappa shape index (κ1) is 57.6. The normalized spacial score (nSPS) is 20.7. The van der Waals surface area contributed by atoms with Crippen LogP contribution >= 0.6 is 92.8 Å². The van der Waals surface area contributed by atoms with Crippen LogP contribution in [0.25, 0.3) is 10.2 Å². The Morgan fingerprint density at radius 1 is 0.731 bits per heavy atom. The van der Waals surface area contributed by atoms with Gasteiger partial charge in [-0.1, -0.05) is 46.0 Å². The van der Waals surface area contributed by atoms with Gasteiger partial charge in [0.05, 0.1) is 40.6 Å². The molecule has 0 radical (unpaired) electrons. The number of thiazole rings is 3. The number of hydrogen-bond donors (Lipinski definition) is 6. The maximum absolute atomic E-state index is 12.9. The number of carboxylic acid groups (broad SMARTS) is 2. The number of carbonyl (C=O) groups excluding carboxylic acids is 6. The Morgan fingerprint density at radius 3 is 1.76 bits per heavy atom. The van der Waals surface area contributed by atoms with Gasteiger partial charge in [0.15, 0.2) is 49.1 Å². The summed E-state index contributed by atoms with van der Waals surface area (Å²) in [4.78, 5) is 120. The highest BCUT2D eigenvalue weighted by Gasteiger charge is 2.57. The molecule has 2 saturated carbocycles. The molecule has 4 aliphatic rings. The first-order valence-electron chi connectivity index (χ1n) is 22.4. The Labute approximate surface area is 474 Å². The quantitative estimate of drug-likeness (QED) is 0.0390. The third-order valence-corrected chi connectivity index (χ3v) is 19.7. The van der Waals surface area contributed by atoms with Gasteiger partial charge < -0.3 is 51.2 Å². The van der Waals surface area contributed by atoms with Gasteiger partial charge in [-0.2, -0.15) is 23.5 Å². The molecule has 0 spiro atoms. The van der Waals surface area contributed by atoms with Gasteiger partial charge in [0.25, 0.3) is 16.1 Å². The van der Waals surface area contributed by atoms with Crippen molar-refractivity contribution in [3.63, 3.8) is 0 Å². The second kappa shape index (κ2) is 25.9. The molecule has 31 heteroatoms. The number of rotatable bonds is 16. The van der Waals surface area contributed by atoms with E-state index in [-0.39, 0.29) is 82.8 Å². The lowest BCUT2D eigenvalue weighted by Crippen LogP contribution is -2.66. The number of Topliss-reactive ketones (excluding diaryl/α,β-unsaturated/α-hetero) is 2. The Balaban J connectivity index is 0.000000160. The molecule has 0 saturated heterocycles. The van der Waals surface area contributed by atoms with Crippen LogP contribution in [0.2, 0.25) is 0 Å². The zero-order valence-electron chi connectivity index (χ0n) is 40.2. The van der Waals surface area contributed by atoms with Gasteiger partial charge in [0.2, 0.25) is 5.12 Å². The molecule has 6 aromatic rings. The second-order valence-electron chi connectivity index (χ2n) is 16.3. The molecule has 6 atom stereocenters. The van der Waals surface area contributed by atoms with Crippen molar-refractivity contribution >= 4 is 169 Å². The fraction of sp³-hybridized carbons (Fsp3) is 0.255. The van der Waals surface area contributed by atoms with E-state index < -0.39 is 52.8 Å². The fourth-order valence-corrected chi connectivity index (χ4v) is 15.9. The molecular formula is C47H41N9O14S8. The summed E-state index contributed by atoms with van der Waals surface area (Å²) in [5.74, 6) is -3.63. The predicted octanol–water partition coefficient (Wildman–Crippen LogP) is 5.60. The van der Waals surface area contributed by atoms with Gasteiger partial charge in [-0.25, -0.2) is 24.5 Å². The predicted molar refractivity (Wildman–Crippen MR) is 300 cm³/mol. The lowest BCUT2D eigenvalue weighted by molar-refractivity contribution is -0.139. The van der Waals surface area contributed by atoms with Crippen molar-refractivity contribution in [2.45, 2.75) is 26.9 Å². The van der Waals surface area contributed by atoms with E-state index in [1.54, 1.807) is 23.6 Å². The van der Waals surface area contributed by atoms with Crippen LogP contribution in [0.3, 0.4) is 0 Å². The van der Waals surface area contributed by atoms with E-state index in [2.05, 4.69) is 30.6 Å². The molecule has 23 nitrogen and oxygen atoms in total. The third kappa shape index (κ3) is 12.9. The number of furan rings is 2. The van der Waals surface area contributed by atoms with Gasteiger partial charge in [0.1, 0.15) is 31.6 Å². The number of aromatic nitrogens is 3. The Hall–Kier alpha value is -6.58. The van der Waals surface area contributed by atoms with E-state index in [4.69, 9.17) is 35.7 Å². The summed E-state index contributed by atoms with van der Waals surface area (Å²) in [6, 6.07) is 12.5. The van der Waals surface area contributed by atoms with Crippen molar-refractivity contribution in [1.29, 1.82) is 0 Å². The molecule has 0 bridgehead atoms. The molecule has 7 heterocycles. The molecule has 406 valence electrons. The zero-order valence-corrected chi connectivity index (χ0v) is 46.8. The molecule has 2 unspecified atom stereocenters. The molecule has 2 aliphatic heterocycles.